The minimum Gasteiger partial charge on any atom is -0.301 e. The molecule has 226 valence electrons. The summed E-state index contributed by atoms with van der Waals surface area (Å²) in [6, 6.07) is 24.0. The van der Waals surface area contributed by atoms with Crippen molar-refractivity contribution in [1.82, 2.24) is 0 Å². The highest BCUT2D eigenvalue weighted by atomic mass is 15.2. The number of aliphatic imine (C=N–C) groups is 1. The van der Waals surface area contributed by atoms with Gasteiger partial charge in [0.05, 0.1) is 5.69 Å². The normalized spacial score (nSPS) is 11.9. The zero-order valence-corrected chi connectivity index (χ0v) is 28.5. The molecule has 0 heterocycles. The van der Waals surface area contributed by atoms with E-state index in [1.807, 2.05) is 40.9 Å². The zero-order valence-electron chi connectivity index (χ0n) is 28.5. The third kappa shape index (κ3) is 8.92. The van der Waals surface area contributed by atoms with E-state index >= 15 is 0 Å². The lowest BCUT2D eigenvalue weighted by Crippen LogP contribution is -2.30. The summed E-state index contributed by atoms with van der Waals surface area (Å²) in [6.45, 7) is 27.9. The van der Waals surface area contributed by atoms with Crippen molar-refractivity contribution < 1.29 is 0 Å². The number of amidine groups is 1. The van der Waals surface area contributed by atoms with Gasteiger partial charge >= 0.3 is 0 Å². The van der Waals surface area contributed by atoms with Crippen LogP contribution in [0, 0.1) is 0 Å². The number of nitrogens with zero attached hydrogens (tertiary/aromatic N) is 2. The van der Waals surface area contributed by atoms with Gasteiger partial charge in [0.2, 0.25) is 0 Å². The lowest BCUT2D eigenvalue weighted by atomic mass is 9.83. The van der Waals surface area contributed by atoms with E-state index in [1.54, 1.807) is 0 Å². The maximum Gasteiger partial charge on any atom is 0.139 e. The van der Waals surface area contributed by atoms with Crippen molar-refractivity contribution in [2.24, 2.45) is 4.99 Å². The van der Waals surface area contributed by atoms with Crippen molar-refractivity contribution in [2.45, 2.75) is 93.9 Å². The Kier molecular flexibility index (Phi) is 15.6. The molecule has 0 N–H and O–H groups in total. The van der Waals surface area contributed by atoms with Crippen molar-refractivity contribution in [3.05, 3.63) is 120 Å². The van der Waals surface area contributed by atoms with Crippen LogP contribution in [-0.2, 0) is 5.41 Å². The Hall–Kier alpha value is -3.65. The molecule has 0 unspecified atom stereocenters. The minimum absolute atomic E-state index is 0.0375. The first kappa shape index (κ1) is 36.4. The highest BCUT2D eigenvalue weighted by molar-refractivity contribution is 6.15. The fourth-order valence-corrected chi connectivity index (χ4v) is 4.95. The molecule has 0 aliphatic carbocycles. The number of allylic oxidation sites excluding steroid dienone is 4. The minimum atomic E-state index is -0.0375. The Bertz CT molecular complexity index is 1330. The highest BCUT2D eigenvalue weighted by Gasteiger charge is 2.27. The number of hydrogen-bond donors (Lipinski definition) is 0. The third-order valence-electron chi connectivity index (χ3n) is 6.80. The van der Waals surface area contributed by atoms with Crippen LogP contribution in [-0.4, -0.2) is 12.9 Å². The molecule has 0 amide bonds. The van der Waals surface area contributed by atoms with E-state index in [1.165, 1.54) is 33.4 Å². The first-order valence-corrected chi connectivity index (χ1v) is 15.7. The van der Waals surface area contributed by atoms with E-state index in [0.29, 0.717) is 5.92 Å². The van der Waals surface area contributed by atoms with E-state index in [2.05, 4.69) is 145 Å². The summed E-state index contributed by atoms with van der Waals surface area (Å²) in [4.78, 5) is 7.09. The Morgan fingerprint density at radius 3 is 2.00 bits per heavy atom. The number of rotatable bonds is 8. The lowest BCUT2D eigenvalue weighted by Gasteiger charge is -2.32. The molecule has 2 nitrogen and oxygen atoms in total. The van der Waals surface area contributed by atoms with Crippen molar-refractivity contribution >= 4 is 17.1 Å². The first-order chi connectivity index (χ1) is 20.2. The molecule has 0 bridgehead atoms. The maximum atomic E-state index is 4.90. The number of benzene rings is 3. The fraction of sp³-hybridized carbons (Fsp3) is 0.375. The molecule has 0 aliphatic rings. The van der Waals surface area contributed by atoms with E-state index in [4.69, 9.17) is 4.99 Å². The second-order valence-corrected chi connectivity index (χ2v) is 10.9. The van der Waals surface area contributed by atoms with Crippen LogP contribution in [0.25, 0.3) is 16.7 Å². The predicted molar refractivity (Wildman–Crippen MR) is 192 cm³/mol. The summed E-state index contributed by atoms with van der Waals surface area (Å²) in [7, 11) is 1.88. The van der Waals surface area contributed by atoms with Crippen molar-refractivity contribution in [3.8, 4) is 11.1 Å². The summed E-state index contributed by atoms with van der Waals surface area (Å²) < 4.78 is 0. The molecule has 0 aromatic heterocycles. The van der Waals surface area contributed by atoms with Gasteiger partial charge in [-0.25, -0.2) is 0 Å². The standard InChI is InChI=1S/C36H44N2.2C2H6/c1-10-18-27(19-11-2)31-24-29(26(4)5)25-32(28-20-14-13-15-21-28)34(31)38(12-3)35(37-9)30-22-16-17-23-33(30)36(6,7)8;2*1-2/h10,12-26H,3,11H2,1-2,4-9H3;2*1-2H3/b18-10-,27-19+,37-35?;;. The smallest absolute Gasteiger partial charge is 0.139 e. The molecular weight excluding hydrogens is 508 g/mol. The summed E-state index contributed by atoms with van der Waals surface area (Å²) in [6.07, 6.45) is 9.51. The quantitative estimate of drug-likeness (QED) is 0.151. The molecule has 3 aromatic carbocycles. The molecule has 0 saturated carbocycles. The molecule has 0 atom stereocenters. The van der Waals surface area contributed by atoms with E-state index < -0.39 is 0 Å². The van der Waals surface area contributed by atoms with Gasteiger partial charge in [-0.15, -0.1) is 0 Å². The van der Waals surface area contributed by atoms with Gasteiger partial charge in [-0.2, -0.15) is 0 Å². The summed E-state index contributed by atoms with van der Waals surface area (Å²) in [5.41, 5.74) is 9.48. The van der Waals surface area contributed by atoms with Crippen LogP contribution in [0.4, 0.5) is 5.69 Å². The lowest BCUT2D eigenvalue weighted by molar-refractivity contribution is 0.589. The summed E-state index contributed by atoms with van der Waals surface area (Å²) in [5, 5.41) is 0. The van der Waals surface area contributed by atoms with Crippen molar-refractivity contribution in [3.63, 3.8) is 0 Å². The molecule has 0 spiro atoms. The Balaban J connectivity index is 0.00000211. The Labute approximate surface area is 258 Å². The summed E-state index contributed by atoms with van der Waals surface area (Å²) in [5.74, 6) is 1.27. The summed E-state index contributed by atoms with van der Waals surface area (Å²) >= 11 is 0. The number of anilines is 1. The number of hydrogen-bond acceptors (Lipinski definition) is 1. The van der Waals surface area contributed by atoms with E-state index in [0.717, 1.165) is 23.5 Å². The van der Waals surface area contributed by atoms with E-state index in [-0.39, 0.29) is 5.41 Å². The second-order valence-electron chi connectivity index (χ2n) is 10.9. The fourth-order valence-electron chi connectivity index (χ4n) is 4.95. The van der Waals surface area contributed by atoms with Gasteiger partial charge in [0.15, 0.2) is 0 Å². The largest absolute Gasteiger partial charge is 0.301 e. The molecule has 2 heteroatoms. The van der Waals surface area contributed by atoms with Crippen LogP contribution in [0.1, 0.15) is 111 Å². The topological polar surface area (TPSA) is 15.6 Å². The first-order valence-electron chi connectivity index (χ1n) is 15.7. The van der Waals surface area contributed by atoms with Gasteiger partial charge in [0.1, 0.15) is 5.84 Å². The van der Waals surface area contributed by atoms with Gasteiger partial charge in [-0.05, 0) is 59.1 Å². The van der Waals surface area contributed by atoms with Gasteiger partial charge in [-0.1, -0.05) is 149 Å². The van der Waals surface area contributed by atoms with Crippen LogP contribution in [0.15, 0.2) is 103 Å². The van der Waals surface area contributed by atoms with Gasteiger partial charge < -0.3 is 4.90 Å². The molecule has 3 aromatic rings. The molecule has 0 radical (unpaired) electrons. The molecule has 42 heavy (non-hydrogen) atoms. The predicted octanol–water partition coefficient (Wildman–Crippen LogP) is 12.2. The van der Waals surface area contributed by atoms with Crippen LogP contribution in [0.5, 0.6) is 0 Å². The Morgan fingerprint density at radius 2 is 1.50 bits per heavy atom. The maximum absolute atomic E-state index is 4.90. The third-order valence-corrected chi connectivity index (χ3v) is 6.80. The Morgan fingerprint density at radius 1 is 0.905 bits per heavy atom. The molecule has 3 rings (SSSR count). The second kappa shape index (κ2) is 18.0. The van der Waals surface area contributed by atoms with Crippen LogP contribution in [0.3, 0.4) is 0 Å². The monoisotopic (exact) mass is 564 g/mol. The van der Waals surface area contributed by atoms with Crippen LogP contribution < -0.4 is 4.90 Å². The zero-order chi connectivity index (χ0) is 31.9. The molecule has 0 aliphatic heterocycles. The van der Waals surface area contributed by atoms with Crippen LogP contribution in [0.2, 0.25) is 0 Å². The average Bonchev–Trinajstić information content (AvgIpc) is 3.01. The van der Waals surface area contributed by atoms with Crippen LogP contribution >= 0.6 is 0 Å². The highest BCUT2D eigenvalue weighted by Crippen LogP contribution is 2.42. The molecule has 0 fully saturated rings. The van der Waals surface area contributed by atoms with Crippen molar-refractivity contribution in [2.75, 3.05) is 11.9 Å². The average molecular weight is 565 g/mol. The van der Waals surface area contributed by atoms with E-state index in [9.17, 15) is 0 Å². The SMILES string of the molecule is C=CN(C(=NC)c1ccccc1C(C)(C)C)c1c(C(/C=C\C)=C/CC)cc(C(C)C)cc1-c1ccccc1.CC.CC. The van der Waals surface area contributed by atoms with Crippen molar-refractivity contribution in [1.29, 1.82) is 0 Å². The molecular formula is C40H56N2. The van der Waals surface area contributed by atoms with Gasteiger partial charge in [0, 0.05) is 29.9 Å². The van der Waals surface area contributed by atoms with Gasteiger partial charge in [-0.3, -0.25) is 4.99 Å². The molecule has 0 saturated heterocycles. The van der Waals surface area contributed by atoms with Gasteiger partial charge in [0.25, 0.3) is 0 Å².